The van der Waals surface area contributed by atoms with Gasteiger partial charge in [0.1, 0.15) is 0 Å². The number of ether oxygens (including phenoxy) is 1. The van der Waals surface area contributed by atoms with Crippen LogP contribution < -0.4 is 5.32 Å². The van der Waals surface area contributed by atoms with Crippen LogP contribution in [0.1, 0.15) is 47.0 Å². The first-order valence-electron chi connectivity index (χ1n) is 9.90. The average molecular weight is 383 g/mol. The third kappa shape index (κ3) is 5.65. The highest BCUT2D eigenvalue weighted by molar-refractivity contribution is 6.01. The number of hydrogen-bond donors (Lipinski definition) is 1. The van der Waals surface area contributed by atoms with Crippen molar-refractivity contribution in [3.63, 3.8) is 0 Å². The van der Waals surface area contributed by atoms with Gasteiger partial charge >= 0.3 is 5.97 Å². The molecular weight excluding hydrogens is 352 g/mol. The molecule has 0 aliphatic rings. The van der Waals surface area contributed by atoms with Crippen LogP contribution in [0.4, 0.5) is 5.69 Å². The first-order chi connectivity index (χ1) is 13.4. The molecule has 0 saturated carbocycles. The fourth-order valence-electron chi connectivity index (χ4n) is 2.91. The van der Waals surface area contributed by atoms with Gasteiger partial charge in [-0.15, -0.1) is 0 Å². The van der Waals surface area contributed by atoms with E-state index in [1.807, 2.05) is 36.4 Å². The lowest BCUT2D eigenvalue weighted by Gasteiger charge is -2.20. The molecule has 0 aliphatic carbocycles. The Hall–Kier alpha value is -2.69. The van der Waals surface area contributed by atoms with Gasteiger partial charge in [0.05, 0.1) is 29.1 Å². The lowest BCUT2D eigenvalue weighted by Crippen LogP contribution is -2.26. The van der Waals surface area contributed by atoms with Crippen LogP contribution in [0.3, 0.4) is 0 Å². The predicted octanol–water partition coefficient (Wildman–Crippen LogP) is 5.13. The number of unbranched alkanes of at least 4 members (excludes halogenated alkanes) is 1. The van der Waals surface area contributed by atoms with Crippen molar-refractivity contribution in [2.24, 2.45) is 11.3 Å². The fourth-order valence-corrected chi connectivity index (χ4v) is 2.91. The highest BCUT2D eigenvalue weighted by Gasteiger charge is 2.27. The Bertz CT molecular complexity index is 837. The summed E-state index contributed by atoms with van der Waals surface area (Å²) in [6.07, 6.45) is 7.97. The van der Waals surface area contributed by atoms with E-state index in [1.165, 1.54) is 0 Å². The minimum atomic E-state index is -0.776. The molecule has 1 aromatic carbocycles. The first kappa shape index (κ1) is 21.6. The molecular formula is C23H30N2O3. The topological polar surface area (TPSA) is 68.3 Å². The van der Waals surface area contributed by atoms with E-state index in [0.29, 0.717) is 12.3 Å². The second kappa shape index (κ2) is 10.0. The molecule has 1 heterocycles. The predicted molar refractivity (Wildman–Crippen MR) is 113 cm³/mol. The molecule has 0 spiro atoms. The second-order valence-electron chi connectivity index (χ2n) is 7.42. The number of nitrogens with one attached hydrogen (secondary N) is 1. The van der Waals surface area contributed by atoms with Crippen molar-refractivity contribution >= 4 is 28.5 Å². The number of carbonyl (C=O) groups excluding carboxylic acids is 2. The van der Waals surface area contributed by atoms with Gasteiger partial charge in [-0.3, -0.25) is 14.6 Å². The number of rotatable bonds is 9. The molecule has 0 radical (unpaired) electrons. The van der Waals surface area contributed by atoms with Crippen molar-refractivity contribution in [3.05, 3.63) is 48.7 Å². The van der Waals surface area contributed by atoms with E-state index in [2.05, 4.69) is 17.2 Å². The summed E-state index contributed by atoms with van der Waals surface area (Å²) in [6, 6.07) is 9.57. The van der Waals surface area contributed by atoms with E-state index in [1.54, 1.807) is 33.0 Å². The lowest BCUT2D eigenvalue weighted by molar-refractivity contribution is -0.150. The molecule has 1 atom stereocenters. The number of esters is 1. The van der Waals surface area contributed by atoms with Gasteiger partial charge in [0.2, 0.25) is 5.91 Å². The summed E-state index contributed by atoms with van der Waals surface area (Å²) in [5.74, 6) is -0.714. The van der Waals surface area contributed by atoms with Crippen molar-refractivity contribution in [2.45, 2.75) is 47.0 Å². The Morgan fingerprint density at radius 2 is 1.96 bits per heavy atom. The largest absolute Gasteiger partial charge is 0.465 e. The van der Waals surface area contributed by atoms with Crippen LogP contribution in [0.25, 0.3) is 10.9 Å². The number of carbonyl (C=O) groups is 2. The van der Waals surface area contributed by atoms with Gasteiger partial charge < -0.3 is 10.1 Å². The quantitative estimate of drug-likeness (QED) is 0.482. The Balaban J connectivity index is 2.20. The number of benzene rings is 1. The zero-order valence-corrected chi connectivity index (χ0v) is 17.2. The molecule has 0 bridgehead atoms. The van der Waals surface area contributed by atoms with Crippen LogP contribution in [0.15, 0.2) is 48.7 Å². The van der Waals surface area contributed by atoms with Gasteiger partial charge in [-0.25, -0.2) is 0 Å². The molecule has 0 fully saturated rings. The minimum Gasteiger partial charge on any atom is -0.465 e. The molecule has 1 N–H and O–H groups in total. The van der Waals surface area contributed by atoms with E-state index in [4.69, 9.17) is 4.74 Å². The number of aromatic nitrogens is 1. The monoisotopic (exact) mass is 382 g/mol. The summed E-state index contributed by atoms with van der Waals surface area (Å²) in [5, 5.41) is 3.99. The van der Waals surface area contributed by atoms with Crippen molar-refractivity contribution in [2.75, 3.05) is 11.9 Å². The van der Waals surface area contributed by atoms with E-state index in [-0.39, 0.29) is 17.8 Å². The van der Waals surface area contributed by atoms with Gasteiger partial charge in [-0.2, -0.15) is 0 Å². The Morgan fingerprint density at radius 1 is 1.21 bits per heavy atom. The highest BCUT2D eigenvalue weighted by Crippen LogP contribution is 2.25. The van der Waals surface area contributed by atoms with E-state index in [0.717, 1.165) is 30.2 Å². The van der Waals surface area contributed by atoms with Crippen molar-refractivity contribution in [1.29, 1.82) is 0 Å². The molecule has 2 rings (SSSR count). The number of hydrogen-bond acceptors (Lipinski definition) is 4. The standard InChI is InChI=1S/C23H30N2O3/c1-5-7-10-18(14-15-23(3,4)22(27)28-6-2)21(26)25-19-13-8-11-17-12-9-16-24-20(17)19/h8-9,11-16,18H,5-7,10H2,1-4H3,(H,25,26)/b15-14+. The summed E-state index contributed by atoms with van der Waals surface area (Å²) >= 11 is 0. The Labute approximate surface area is 167 Å². The van der Waals surface area contributed by atoms with E-state index >= 15 is 0 Å². The number of nitrogens with zero attached hydrogens (tertiary/aromatic N) is 1. The van der Waals surface area contributed by atoms with Gasteiger partial charge in [-0.1, -0.05) is 50.1 Å². The Kier molecular flexibility index (Phi) is 7.73. The van der Waals surface area contributed by atoms with Crippen molar-refractivity contribution in [1.82, 2.24) is 4.98 Å². The van der Waals surface area contributed by atoms with Gasteiger partial charge in [0, 0.05) is 11.6 Å². The fraction of sp³-hybridized carbons (Fsp3) is 0.435. The van der Waals surface area contributed by atoms with Crippen molar-refractivity contribution < 1.29 is 14.3 Å². The summed E-state index contributed by atoms with van der Waals surface area (Å²) in [5.41, 5.74) is 0.688. The molecule has 5 nitrogen and oxygen atoms in total. The Morgan fingerprint density at radius 3 is 2.68 bits per heavy atom. The normalized spacial score (nSPS) is 12.9. The van der Waals surface area contributed by atoms with Gasteiger partial charge in [0.25, 0.3) is 0 Å². The minimum absolute atomic E-state index is 0.0949. The molecule has 5 heteroatoms. The molecule has 150 valence electrons. The summed E-state index contributed by atoms with van der Waals surface area (Å²) < 4.78 is 5.13. The third-order valence-electron chi connectivity index (χ3n) is 4.64. The third-order valence-corrected chi connectivity index (χ3v) is 4.64. The van der Waals surface area contributed by atoms with Gasteiger partial charge in [0.15, 0.2) is 0 Å². The zero-order valence-electron chi connectivity index (χ0n) is 17.2. The van der Waals surface area contributed by atoms with Crippen LogP contribution in [0.5, 0.6) is 0 Å². The van der Waals surface area contributed by atoms with E-state index in [9.17, 15) is 9.59 Å². The van der Waals surface area contributed by atoms with Crippen molar-refractivity contribution in [3.8, 4) is 0 Å². The summed E-state index contributed by atoms with van der Waals surface area (Å²) in [7, 11) is 0. The van der Waals surface area contributed by atoms with Crippen LogP contribution in [-0.4, -0.2) is 23.5 Å². The highest BCUT2D eigenvalue weighted by atomic mass is 16.5. The zero-order chi connectivity index (χ0) is 20.6. The molecule has 1 unspecified atom stereocenters. The number of fused-ring (bicyclic) bond motifs is 1. The number of anilines is 1. The molecule has 0 saturated heterocycles. The molecule has 1 aromatic heterocycles. The van der Waals surface area contributed by atoms with Crippen LogP contribution in [0.2, 0.25) is 0 Å². The maximum atomic E-state index is 13.0. The number of para-hydroxylation sites is 1. The van der Waals surface area contributed by atoms with Crippen LogP contribution in [-0.2, 0) is 14.3 Å². The first-order valence-corrected chi connectivity index (χ1v) is 9.90. The second-order valence-corrected chi connectivity index (χ2v) is 7.42. The SMILES string of the molecule is CCCCC(/C=C/C(C)(C)C(=O)OCC)C(=O)Nc1cccc2cccnc12. The molecule has 0 aliphatic heterocycles. The number of pyridine rings is 1. The smallest absolute Gasteiger partial charge is 0.315 e. The molecule has 28 heavy (non-hydrogen) atoms. The lowest BCUT2D eigenvalue weighted by atomic mass is 9.90. The average Bonchev–Trinajstić information content (AvgIpc) is 2.68. The summed E-state index contributed by atoms with van der Waals surface area (Å²) in [4.78, 5) is 29.5. The molecule has 2 aromatic rings. The molecule has 1 amide bonds. The number of amides is 1. The summed E-state index contributed by atoms with van der Waals surface area (Å²) in [6.45, 7) is 7.81. The maximum absolute atomic E-state index is 13.0. The van der Waals surface area contributed by atoms with Crippen LogP contribution in [0, 0.1) is 11.3 Å². The maximum Gasteiger partial charge on any atom is 0.315 e. The van der Waals surface area contributed by atoms with Gasteiger partial charge in [-0.05, 0) is 39.3 Å². The van der Waals surface area contributed by atoms with Crippen LogP contribution >= 0.6 is 0 Å². The van der Waals surface area contributed by atoms with E-state index < -0.39 is 5.41 Å².